The fraction of sp³-hybridized carbons (Fsp3) is 0.158. The molecule has 5 nitrogen and oxygen atoms in total. The summed E-state index contributed by atoms with van der Waals surface area (Å²) in [6.45, 7) is 2.03. The molecule has 0 saturated carbocycles. The van der Waals surface area contributed by atoms with Crippen LogP contribution in [0.15, 0.2) is 36.4 Å². The Kier molecular flexibility index (Phi) is 4.08. The number of ether oxygens (including phenoxy) is 1. The van der Waals surface area contributed by atoms with Crippen LogP contribution in [-0.2, 0) is 11.2 Å². The highest BCUT2D eigenvalue weighted by Gasteiger charge is 2.25. The van der Waals surface area contributed by atoms with Crippen molar-refractivity contribution in [2.75, 3.05) is 12.4 Å². The number of fused-ring (bicyclic) bond motifs is 1. The molecule has 0 aromatic heterocycles. The van der Waals surface area contributed by atoms with Crippen LogP contribution in [0.2, 0.25) is 0 Å². The third kappa shape index (κ3) is 2.76. The number of hydrogen-bond acceptors (Lipinski definition) is 3. The van der Waals surface area contributed by atoms with E-state index in [9.17, 15) is 9.59 Å². The molecule has 0 bridgehead atoms. The smallest absolute Gasteiger partial charge is 0.335 e. The maximum absolute atomic E-state index is 12.2. The summed E-state index contributed by atoms with van der Waals surface area (Å²) >= 11 is 0. The molecule has 1 aliphatic rings. The molecule has 0 atom stereocenters. The van der Waals surface area contributed by atoms with Crippen molar-refractivity contribution >= 4 is 29.2 Å². The number of amides is 1. The van der Waals surface area contributed by atoms with Gasteiger partial charge in [0.25, 0.3) is 5.91 Å². The van der Waals surface area contributed by atoms with Gasteiger partial charge in [-0.2, -0.15) is 0 Å². The highest BCUT2D eigenvalue weighted by molar-refractivity contribution is 6.35. The summed E-state index contributed by atoms with van der Waals surface area (Å²) < 4.78 is 5.32. The van der Waals surface area contributed by atoms with Crippen LogP contribution in [0.5, 0.6) is 5.75 Å². The maximum atomic E-state index is 12.2. The lowest BCUT2D eigenvalue weighted by molar-refractivity contribution is -0.110. The summed E-state index contributed by atoms with van der Waals surface area (Å²) in [6, 6.07) is 10.3. The normalized spacial score (nSPS) is 14.4. The van der Waals surface area contributed by atoms with Crippen LogP contribution in [0.4, 0.5) is 5.69 Å². The van der Waals surface area contributed by atoms with Crippen molar-refractivity contribution in [1.29, 1.82) is 0 Å². The first-order chi connectivity index (χ1) is 11.5. The van der Waals surface area contributed by atoms with E-state index in [1.54, 1.807) is 19.3 Å². The number of hydrogen-bond donors (Lipinski definition) is 2. The first-order valence-electron chi connectivity index (χ1n) is 7.61. The number of carboxylic acids is 1. The predicted molar refractivity (Wildman–Crippen MR) is 92.3 cm³/mol. The predicted octanol–water partition coefficient (Wildman–Crippen LogP) is 3.45. The third-order valence-electron chi connectivity index (χ3n) is 4.05. The molecule has 1 aliphatic heterocycles. The summed E-state index contributed by atoms with van der Waals surface area (Å²) in [5, 5.41) is 11.9. The highest BCUT2D eigenvalue weighted by Crippen LogP contribution is 2.34. The molecule has 24 heavy (non-hydrogen) atoms. The molecule has 5 heteroatoms. The average Bonchev–Trinajstić information content (AvgIpc) is 2.89. The van der Waals surface area contributed by atoms with Gasteiger partial charge in [0, 0.05) is 16.8 Å². The number of methoxy groups -OCH3 is 1. The third-order valence-corrected chi connectivity index (χ3v) is 4.05. The monoisotopic (exact) mass is 323 g/mol. The number of carbonyl (C=O) groups is 2. The second kappa shape index (κ2) is 6.20. The number of benzene rings is 2. The molecule has 0 radical (unpaired) electrons. The molecule has 122 valence electrons. The molecule has 3 rings (SSSR count). The molecule has 0 saturated heterocycles. The van der Waals surface area contributed by atoms with E-state index in [0.717, 1.165) is 23.3 Å². The Hall–Kier alpha value is -3.08. The quantitative estimate of drug-likeness (QED) is 0.845. The minimum Gasteiger partial charge on any atom is -0.496 e. The van der Waals surface area contributed by atoms with Crippen LogP contribution < -0.4 is 10.1 Å². The minimum absolute atomic E-state index is 0.153. The van der Waals surface area contributed by atoms with Crippen LogP contribution in [0.3, 0.4) is 0 Å². The van der Waals surface area contributed by atoms with Gasteiger partial charge in [-0.05, 0) is 54.0 Å². The van der Waals surface area contributed by atoms with E-state index in [1.165, 1.54) is 12.1 Å². The molecule has 2 aromatic rings. The van der Waals surface area contributed by atoms with E-state index in [1.807, 2.05) is 25.1 Å². The summed E-state index contributed by atoms with van der Waals surface area (Å²) in [7, 11) is 1.63. The van der Waals surface area contributed by atoms with Gasteiger partial charge in [-0.3, -0.25) is 4.79 Å². The second-order valence-corrected chi connectivity index (χ2v) is 5.50. The zero-order valence-electron chi connectivity index (χ0n) is 13.4. The van der Waals surface area contributed by atoms with Gasteiger partial charge in [0.15, 0.2) is 0 Å². The number of aryl methyl sites for hydroxylation is 1. The lowest BCUT2D eigenvalue weighted by Crippen LogP contribution is -2.03. The van der Waals surface area contributed by atoms with E-state index in [-0.39, 0.29) is 11.5 Å². The van der Waals surface area contributed by atoms with Crippen LogP contribution >= 0.6 is 0 Å². The summed E-state index contributed by atoms with van der Waals surface area (Å²) in [5.41, 5.74) is 3.76. The minimum atomic E-state index is -1.02. The van der Waals surface area contributed by atoms with Crippen molar-refractivity contribution in [3.05, 3.63) is 58.7 Å². The number of aromatic carboxylic acids is 1. The molecule has 0 fully saturated rings. The van der Waals surface area contributed by atoms with E-state index in [2.05, 4.69) is 5.32 Å². The Balaban J connectivity index is 2.07. The number of nitrogens with one attached hydrogen (secondary N) is 1. The zero-order valence-corrected chi connectivity index (χ0v) is 13.4. The van der Waals surface area contributed by atoms with Crippen molar-refractivity contribution in [3.63, 3.8) is 0 Å². The fourth-order valence-corrected chi connectivity index (χ4v) is 2.80. The van der Waals surface area contributed by atoms with Crippen LogP contribution in [0.25, 0.3) is 11.6 Å². The van der Waals surface area contributed by atoms with E-state index >= 15 is 0 Å². The molecule has 0 aliphatic carbocycles. The fourth-order valence-electron chi connectivity index (χ4n) is 2.80. The van der Waals surface area contributed by atoms with E-state index < -0.39 is 5.97 Å². The van der Waals surface area contributed by atoms with Crippen molar-refractivity contribution in [1.82, 2.24) is 0 Å². The van der Waals surface area contributed by atoms with Crippen LogP contribution in [0.1, 0.15) is 34.0 Å². The SMILES string of the molecule is CCc1cc(/C=C2/C(=O)Nc3ccc(C(=O)O)cc32)ccc1OC. The van der Waals surface area contributed by atoms with E-state index in [4.69, 9.17) is 9.84 Å². The molecule has 2 aromatic carbocycles. The standard InChI is InChI=1S/C19H17NO4/c1-3-12-8-11(4-7-17(12)24-2)9-15-14-10-13(19(22)23)5-6-16(14)20-18(15)21/h4-10H,3H2,1-2H3,(H,20,21)(H,22,23)/b15-9+. The Labute approximate surface area is 139 Å². The topological polar surface area (TPSA) is 75.6 Å². The van der Waals surface area contributed by atoms with Crippen molar-refractivity contribution in [2.45, 2.75) is 13.3 Å². The number of carbonyl (C=O) groups excluding carboxylic acids is 1. The first-order valence-corrected chi connectivity index (χ1v) is 7.61. The highest BCUT2D eigenvalue weighted by atomic mass is 16.5. The number of anilines is 1. The maximum Gasteiger partial charge on any atom is 0.335 e. The molecule has 1 heterocycles. The van der Waals surface area contributed by atoms with Gasteiger partial charge in [-0.25, -0.2) is 4.79 Å². The van der Waals surface area contributed by atoms with Gasteiger partial charge in [-0.15, -0.1) is 0 Å². The molecule has 0 spiro atoms. The van der Waals surface area contributed by atoms with Crippen molar-refractivity contribution in [3.8, 4) is 5.75 Å². The summed E-state index contributed by atoms with van der Waals surface area (Å²) in [6.07, 6.45) is 2.58. The lowest BCUT2D eigenvalue weighted by Gasteiger charge is -2.08. The largest absolute Gasteiger partial charge is 0.496 e. The van der Waals surface area contributed by atoms with Crippen molar-refractivity contribution in [2.24, 2.45) is 0 Å². The Morgan fingerprint density at radius 2 is 2.04 bits per heavy atom. The van der Waals surface area contributed by atoms with Crippen molar-refractivity contribution < 1.29 is 19.4 Å². The second-order valence-electron chi connectivity index (χ2n) is 5.50. The van der Waals surface area contributed by atoms with Crippen LogP contribution in [-0.4, -0.2) is 24.1 Å². The van der Waals surface area contributed by atoms with Gasteiger partial charge in [0.1, 0.15) is 5.75 Å². The molecular formula is C19H17NO4. The summed E-state index contributed by atoms with van der Waals surface area (Å²) in [5.74, 6) is -0.445. The van der Waals surface area contributed by atoms with Gasteiger partial charge in [-0.1, -0.05) is 13.0 Å². The molecular weight excluding hydrogens is 306 g/mol. The first kappa shape index (κ1) is 15.8. The average molecular weight is 323 g/mol. The molecule has 0 unspecified atom stereocenters. The Morgan fingerprint density at radius 1 is 1.25 bits per heavy atom. The molecule has 1 amide bonds. The Bertz CT molecular complexity index is 868. The lowest BCUT2D eigenvalue weighted by atomic mass is 10.00. The van der Waals surface area contributed by atoms with Gasteiger partial charge < -0.3 is 15.2 Å². The van der Waals surface area contributed by atoms with E-state index in [0.29, 0.717) is 16.8 Å². The zero-order chi connectivity index (χ0) is 17.3. The van der Waals surface area contributed by atoms with Gasteiger partial charge >= 0.3 is 5.97 Å². The summed E-state index contributed by atoms with van der Waals surface area (Å²) in [4.78, 5) is 23.4. The van der Waals surface area contributed by atoms with Gasteiger partial charge in [0.2, 0.25) is 0 Å². The van der Waals surface area contributed by atoms with Crippen LogP contribution in [0, 0.1) is 0 Å². The van der Waals surface area contributed by atoms with Gasteiger partial charge in [0.05, 0.1) is 12.7 Å². The molecule has 2 N–H and O–H groups in total. The number of carboxylic acid groups (broad SMARTS) is 1. The Morgan fingerprint density at radius 3 is 2.71 bits per heavy atom. The number of rotatable bonds is 4.